The van der Waals surface area contributed by atoms with Gasteiger partial charge in [-0.1, -0.05) is 29.8 Å². The Morgan fingerprint density at radius 3 is 2.44 bits per heavy atom. The summed E-state index contributed by atoms with van der Waals surface area (Å²) in [7, 11) is 0. The molecule has 0 aliphatic carbocycles. The molecular weight excluding hydrogens is 215 g/mol. The van der Waals surface area contributed by atoms with Crippen LogP contribution in [0.5, 0.6) is 0 Å². The van der Waals surface area contributed by atoms with Crippen LogP contribution < -0.4 is 0 Å². The Kier molecular flexibility index (Phi) is 3.73. The highest BCUT2D eigenvalue weighted by Gasteiger charge is 2.33. The first-order valence-electron chi connectivity index (χ1n) is 4.98. The molecule has 0 spiro atoms. The fourth-order valence-electron chi connectivity index (χ4n) is 1.64. The van der Waals surface area contributed by atoms with Crippen molar-refractivity contribution < 1.29 is 13.2 Å². The lowest BCUT2D eigenvalue weighted by atomic mass is 9.90. The van der Waals surface area contributed by atoms with Gasteiger partial charge in [-0.2, -0.15) is 13.2 Å². The van der Waals surface area contributed by atoms with Crippen molar-refractivity contribution in [2.24, 2.45) is 0 Å². The summed E-state index contributed by atoms with van der Waals surface area (Å²) < 4.78 is 37.1. The number of hydrogen-bond donors (Lipinski definition) is 1. The van der Waals surface area contributed by atoms with Gasteiger partial charge >= 0.3 is 6.18 Å². The molecule has 1 rings (SSSR count). The van der Waals surface area contributed by atoms with Crippen molar-refractivity contribution in [2.45, 2.75) is 32.4 Å². The SMILES string of the molecule is CC(=N)[C@@H](CC(F)(F)F)c1cccc(C)c1. The minimum absolute atomic E-state index is 0.0444. The van der Waals surface area contributed by atoms with Crippen LogP contribution in [0.2, 0.25) is 0 Å². The van der Waals surface area contributed by atoms with Crippen LogP contribution in [0, 0.1) is 12.3 Å². The van der Waals surface area contributed by atoms with Gasteiger partial charge in [0.1, 0.15) is 0 Å². The van der Waals surface area contributed by atoms with Gasteiger partial charge in [-0.3, -0.25) is 0 Å². The third kappa shape index (κ3) is 3.68. The molecule has 0 saturated heterocycles. The molecule has 4 heteroatoms. The van der Waals surface area contributed by atoms with Crippen molar-refractivity contribution in [1.82, 2.24) is 0 Å². The molecule has 0 radical (unpaired) electrons. The van der Waals surface area contributed by atoms with Gasteiger partial charge in [0.15, 0.2) is 0 Å². The minimum Gasteiger partial charge on any atom is -0.309 e. The maximum Gasteiger partial charge on any atom is 0.390 e. The van der Waals surface area contributed by atoms with Crippen LogP contribution in [0.3, 0.4) is 0 Å². The van der Waals surface area contributed by atoms with Crippen molar-refractivity contribution in [3.8, 4) is 0 Å². The standard InChI is InChI=1S/C12H14F3N/c1-8-4-3-5-10(6-8)11(9(2)16)7-12(13,14)15/h3-6,11,16H,7H2,1-2H3/t11-/m1/s1. The molecule has 1 aromatic rings. The first-order chi connectivity index (χ1) is 7.29. The van der Waals surface area contributed by atoms with E-state index in [1.807, 2.05) is 13.0 Å². The molecule has 0 unspecified atom stereocenters. The predicted octanol–water partition coefficient (Wildman–Crippen LogP) is 4.07. The van der Waals surface area contributed by atoms with Crippen molar-refractivity contribution in [3.63, 3.8) is 0 Å². The topological polar surface area (TPSA) is 23.9 Å². The predicted molar refractivity (Wildman–Crippen MR) is 58.0 cm³/mol. The summed E-state index contributed by atoms with van der Waals surface area (Å²) in [6, 6.07) is 6.89. The first-order valence-corrected chi connectivity index (χ1v) is 4.98. The normalized spacial score (nSPS) is 13.6. The number of benzene rings is 1. The Balaban J connectivity index is 2.99. The molecule has 1 nitrogen and oxygen atoms in total. The average Bonchev–Trinajstić information content (AvgIpc) is 2.12. The highest BCUT2D eigenvalue weighted by molar-refractivity contribution is 5.86. The van der Waals surface area contributed by atoms with Crippen LogP contribution in [0.15, 0.2) is 24.3 Å². The second kappa shape index (κ2) is 4.68. The van der Waals surface area contributed by atoms with E-state index in [-0.39, 0.29) is 5.71 Å². The zero-order valence-electron chi connectivity index (χ0n) is 9.23. The fraction of sp³-hybridized carbons (Fsp3) is 0.417. The Morgan fingerprint density at radius 1 is 1.38 bits per heavy atom. The maximum atomic E-state index is 12.4. The highest BCUT2D eigenvalue weighted by Crippen LogP contribution is 2.32. The third-order valence-electron chi connectivity index (χ3n) is 2.40. The smallest absolute Gasteiger partial charge is 0.309 e. The lowest BCUT2D eigenvalue weighted by molar-refractivity contribution is -0.135. The zero-order valence-corrected chi connectivity index (χ0v) is 9.23. The zero-order chi connectivity index (χ0) is 12.3. The number of aryl methyl sites for hydroxylation is 1. The van der Waals surface area contributed by atoms with Gasteiger partial charge < -0.3 is 5.41 Å². The Bertz CT molecular complexity index is 382. The molecule has 0 aromatic heterocycles. The van der Waals surface area contributed by atoms with Gasteiger partial charge in [0.25, 0.3) is 0 Å². The van der Waals surface area contributed by atoms with E-state index in [9.17, 15) is 13.2 Å². The molecule has 1 atom stereocenters. The van der Waals surface area contributed by atoms with Gasteiger partial charge in [0.05, 0.1) is 6.42 Å². The van der Waals surface area contributed by atoms with Crippen LogP contribution in [0.1, 0.15) is 30.4 Å². The van der Waals surface area contributed by atoms with Gasteiger partial charge in [-0.25, -0.2) is 0 Å². The summed E-state index contributed by atoms with van der Waals surface area (Å²) in [4.78, 5) is 0. The van der Waals surface area contributed by atoms with E-state index in [1.165, 1.54) is 6.92 Å². The van der Waals surface area contributed by atoms with E-state index < -0.39 is 18.5 Å². The number of nitrogens with one attached hydrogen (secondary N) is 1. The van der Waals surface area contributed by atoms with Crippen LogP contribution in [-0.4, -0.2) is 11.9 Å². The van der Waals surface area contributed by atoms with Crippen molar-refractivity contribution in [3.05, 3.63) is 35.4 Å². The largest absolute Gasteiger partial charge is 0.390 e. The number of rotatable bonds is 3. The number of alkyl halides is 3. The summed E-state index contributed by atoms with van der Waals surface area (Å²) in [5.74, 6) is -0.861. The monoisotopic (exact) mass is 229 g/mol. The summed E-state index contributed by atoms with van der Waals surface area (Å²) in [5.41, 5.74) is 1.51. The van der Waals surface area contributed by atoms with E-state index >= 15 is 0 Å². The van der Waals surface area contributed by atoms with Gasteiger partial charge in [0, 0.05) is 11.6 Å². The first kappa shape index (κ1) is 12.7. The average molecular weight is 229 g/mol. The van der Waals surface area contributed by atoms with Crippen LogP contribution in [0.4, 0.5) is 13.2 Å². The molecular formula is C12H14F3N. The maximum absolute atomic E-state index is 12.4. The van der Waals surface area contributed by atoms with Gasteiger partial charge in [0.2, 0.25) is 0 Å². The Morgan fingerprint density at radius 2 is 2.00 bits per heavy atom. The highest BCUT2D eigenvalue weighted by atomic mass is 19.4. The van der Waals surface area contributed by atoms with E-state index in [1.54, 1.807) is 18.2 Å². The summed E-state index contributed by atoms with van der Waals surface area (Å²) in [6.07, 6.45) is -5.21. The molecule has 0 amide bonds. The van der Waals surface area contributed by atoms with Gasteiger partial charge in [-0.15, -0.1) is 0 Å². The Hall–Kier alpha value is -1.32. The van der Waals surface area contributed by atoms with Crippen LogP contribution >= 0.6 is 0 Å². The summed E-state index contributed by atoms with van der Waals surface area (Å²) >= 11 is 0. The molecule has 16 heavy (non-hydrogen) atoms. The Labute approximate surface area is 92.8 Å². The van der Waals surface area contributed by atoms with E-state index in [4.69, 9.17) is 5.41 Å². The molecule has 0 heterocycles. The van der Waals surface area contributed by atoms with E-state index in [2.05, 4.69) is 0 Å². The van der Waals surface area contributed by atoms with Crippen molar-refractivity contribution in [1.29, 1.82) is 5.41 Å². The molecule has 88 valence electrons. The molecule has 0 saturated carbocycles. The van der Waals surface area contributed by atoms with Crippen molar-refractivity contribution in [2.75, 3.05) is 0 Å². The molecule has 0 aliphatic heterocycles. The third-order valence-corrected chi connectivity index (χ3v) is 2.40. The lowest BCUT2D eigenvalue weighted by Gasteiger charge is -2.18. The molecule has 1 N–H and O–H groups in total. The van der Waals surface area contributed by atoms with Crippen LogP contribution in [0.25, 0.3) is 0 Å². The molecule has 0 fully saturated rings. The second-order valence-corrected chi connectivity index (χ2v) is 3.97. The molecule has 0 bridgehead atoms. The quantitative estimate of drug-likeness (QED) is 0.755. The second-order valence-electron chi connectivity index (χ2n) is 3.97. The van der Waals surface area contributed by atoms with Crippen molar-refractivity contribution >= 4 is 5.71 Å². The lowest BCUT2D eigenvalue weighted by Crippen LogP contribution is -2.18. The minimum atomic E-state index is -4.24. The van der Waals surface area contributed by atoms with Crippen LogP contribution in [-0.2, 0) is 0 Å². The fourth-order valence-corrected chi connectivity index (χ4v) is 1.64. The van der Waals surface area contributed by atoms with E-state index in [0.29, 0.717) is 5.56 Å². The summed E-state index contributed by atoms with van der Waals surface area (Å²) in [6.45, 7) is 3.24. The summed E-state index contributed by atoms with van der Waals surface area (Å²) in [5, 5.41) is 7.44. The molecule has 1 aromatic carbocycles. The number of hydrogen-bond acceptors (Lipinski definition) is 1. The van der Waals surface area contributed by atoms with E-state index in [0.717, 1.165) is 5.56 Å². The van der Waals surface area contributed by atoms with Gasteiger partial charge in [-0.05, 0) is 19.4 Å². The number of halogens is 3. The molecule has 0 aliphatic rings.